The zero-order valence-electron chi connectivity index (χ0n) is 18.5. The van der Waals surface area contributed by atoms with Gasteiger partial charge in [-0.15, -0.1) is 0 Å². The summed E-state index contributed by atoms with van der Waals surface area (Å²) in [4.78, 5) is 31.5. The molecule has 2 heterocycles. The summed E-state index contributed by atoms with van der Waals surface area (Å²) in [6.07, 6.45) is 1.69. The normalized spacial score (nSPS) is 15.7. The number of carbonyl (C=O) groups is 1. The van der Waals surface area contributed by atoms with Crippen LogP contribution in [0.5, 0.6) is 11.5 Å². The van der Waals surface area contributed by atoms with Crippen molar-refractivity contribution >= 4 is 50.9 Å². The van der Waals surface area contributed by atoms with Crippen LogP contribution in [0.4, 0.5) is 0 Å². The Morgan fingerprint density at radius 2 is 2.03 bits per heavy atom. The number of ether oxygens (including phenoxy) is 2. The molecule has 176 valence electrons. The molecule has 0 amide bonds. The molecular formula is C24H20BrClN2O5S. The van der Waals surface area contributed by atoms with Gasteiger partial charge in [-0.2, -0.15) is 0 Å². The molecule has 0 spiro atoms. The van der Waals surface area contributed by atoms with Crippen LogP contribution in [0, 0.1) is 0 Å². The van der Waals surface area contributed by atoms with Crippen LogP contribution in [-0.2, 0) is 9.53 Å². The summed E-state index contributed by atoms with van der Waals surface area (Å²) < 4.78 is 13.0. The van der Waals surface area contributed by atoms with E-state index in [0.29, 0.717) is 41.2 Å². The van der Waals surface area contributed by atoms with Crippen molar-refractivity contribution in [3.05, 3.63) is 88.0 Å². The van der Waals surface area contributed by atoms with Gasteiger partial charge in [0, 0.05) is 9.50 Å². The first-order valence-electron chi connectivity index (χ1n) is 10.3. The van der Waals surface area contributed by atoms with Crippen LogP contribution in [0.25, 0.3) is 6.08 Å². The largest absolute Gasteiger partial charge is 0.504 e. The van der Waals surface area contributed by atoms with Crippen LogP contribution >= 0.6 is 38.9 Å². The smallest absolute Gasteiger partial charge is 0.338 e. The van der Waals surface area contributed by atoms with Gasteiger partial charge in [0.25, 0.3) is 5.56 Å². The zero-order valence-corrected chi connectivity index (χ0v) is 21.6. The number of halogens is 2. The quantitative estimate of drug-likeness (QED) is 0.475. The second kappa shape index (κ2) is 9.77. The standard InChI is InChI=1S/C24H20BrClN2O5S/c1-4-33-23(31)20-12(2)27-24-28(21(20)13-5-7-15(26)8-6-13)22(30)19(34-24)10-14-9-18(32-3)17(29)11-16(14)25/h5-11,21,29H,4H2,1-3H3/t21-/m0/s1. The van der Waals surface area contributed by atoms with Crippen molar-refractivity contribution < 1.29 is 19.4 Å². The second-order valence-electron chi connectivity index (χ2n) is 7.40. The van der Waals surface area contributed by atoms with Crippen LogP contribution in [-0.4, -0.2) is 29.4 Å². The first-order chi connectivity index (χ1) is 16.2. The van der Waals surface area contributed by atoms with E-state index in [-0.39, 0.29) is 23.7 Å². The van der Waals surface area contributed by atoms with E-state index < -0.39 is 12.0 Å². The highest BCUT2D eigenvalue weighted by Gasteiger charge is 2.33. The summed E-state index contributed by atoms with van der Waals surface area (Å²) in [5.74, 6) is -0.267. The summed E-state index contributed by atoms with van der Waals surface area (Å²) in [6.45, 7) is 3.65. The Morgan fingerprint density at radius 1 is 1.32 bits per heavy atom. The number of allylic oxidation sites excluding steroid dienone is 1. The van der Waals surface area contributed by atoms with Gasteiger partial charge in [0.1, 0.15) is 0 Å². The van der Waals surface area contributed by atoms with Crippen molar-refractivity contribution in [3.63, 3.8) is 0 Å². The average molecular weight is 564 g/mol. The molecule has 1 aliphatic heterocycles. The molecule has 3 aromatic rings. The van der Waals surface area contributed by atoms with Gasteiger partial charge in [0.2, 0.25) is 0 Å². The van der Waals surface area contributed by atoms with Gasteiger partial charge in [-0.05, 0) is 55.3 Å². The number of methoxy groups -OCH3 is 1. The lowest BCUT2D eigenvalue weighted by Gasteiger charge is -2.24. The lowest BCUT2D eigenvalue weighted by atomic mass is 9.96. The Balaban J connectivity index is 1.96. The molecule has 0 saturated carbocycles. The molecule has 10 heteroatoms. The van der Waals surface area contributed by atoms with Gasteiger partial charge in [-0.3, -0.25) is 9.36 Å². The number of esters is 1. The number of phenols is 1. The number of hydrogen-bond donors (Lipinski definition) is 1. The molecule has 34 heavy (non-hydrogen) atoms. The molecule has 0 unspecified atom stereocenters. The van der Waals surface area contributed by atoms with Gasteiger partial charge < -0.3 is 14.6 Å². The fourth-order valence-electron chi connectivity index (χ4n) is 3.73. The predicted molar refractivity (Wildman–Crippen MR) is 134 cm³/mol. The van der Waals surface area contributed by atoms with Gasteiger partial charge in [-0.25, -0.2) is 9.79 Å². The highest BCUT2D eigenvalue weighted by Crippen LogP contribution is 2.33. The van der Waals surface area contributed by atoms with Crippen molar-refractivity contribution in [2.24, 2.45) is 4.99 Å². The molecule has 0 fully saturated rings. The summed E-state index contributed by atoms with van der Waals surface area (Å²) in [5, 5.41) is 10.5. The summed E-state index contributed by atoms with van der Waals surface area (Å²) in [7, 11) is 1.45. The van der Waals surface area contributed by atoms with Crippen LogP contribution < -0.4 is 19.6 Å². The minimum Gasteiger partial charge on any atom is -0.504 e. The molecule has 7 nitrogen and oxygen atoms in total. The maximum absolute atomic E-state index is 13.6. The van der Waals surface area contributed by atoms with Crippen molar-refractivity contribution in [1.29, 1.82) is 0 Å². The Morgan fingerprint density at radius 3 is 2.68 bits per heavy atom. The summed E-state index contributed by atoms with van der Waals surface area (Å²) >= 11 is 10.7. The highest BCUT2D eigenvalue weighted by molar-refractivity contribution is 9.10. The number of aromatic nitrogens is 1. The number of hydrogen-bond acceptors (Lipinski definition) is 7. The second-order valence-corrected chi connectivity index (χ2v) is 9.70. The summed E-state index contributed by atoms with van der Waals surface area (Å²) in [6, 6.07) is 9.40. The molecule has 0 saturated heterocycles. The van der Waals surface area contributed by atoms with E-state index in [1.165, 1.54) is 29.1 Å². The number of aromatic hydroxyl groups is 1. The van der Waals surface area contributed by atoms with Gasteiger partial charge >= 0.3 is 5.97 Å². The van der Waals surface area contributed by atoms with Crippen molar-refractivity contribution in [1.82, 2.24) is 4.57 Å². The van der Waals surface area contributed by atoms with Crippen molar-refractivity contribution in [2.75, 3.05) is 13.7 Å². The molecule has 1 aromatic heterocycles. The maximum atomic E-state index is 13.6. The van der Waals surface area contributed by atoms with E-state index in [9.17, 15) is 14.7 Å². The lowest BCUT2D eigenvalue weighted by Crippen LogP contribution is -2.39. The zero-order chi connectivity index (χ0) is 24.6. The maximum Gasteiger partial charge on any atom is 0.338 e. The van der Waals surface area contributed by atoms with Gasteiger partial charge in [0.05, 0.1) is 35.6 Å². The third-order valence-corrected chi connectivity index (χ3v) is 7.21. The number of rotatable bonds is 5. The minimum atomic E-state index is -0.715. The first-order valence-corrected chi connectivity index (χ1v) is 12.3. The van der Waals surface area contributed by atoms with Crippen LogP contribution in [0.15, 0.2) is 61.9 Å². The molecular weight excluding hydrogens is 544 g/mol. The fraction of sp³-hybridized carbons (Fsp3) is 0.208. The van der Waals surface area contributed by atoms with Gasteiger partial charge in [0.15, 0.2) is 16.3 Å². The number of benzene rings is 2. The molecule has 1 aliphatic rings. The number of fused-ring (bicyclic) bond motifs is 1. The molecule has 0 bridgehead atoms. The molecule has 4 rings (SSSR count). The van der Waals surface area contributed by atoms with E-state index in [4.69, 9.17) is 21.1 Å². The number of nitrogens with zero attached hydrogens (tertiary/aromatic N) is 2. The Labute approximate surface area is 212 Å². The first kappa shape index (κ1) is 24.3. The minimum absolute atomic E-state index is 0.0228. The third kappa shape index (κ3) is 4.43. The van der Waals surface area contributed by atoms with E-state index >= 15 is 0 Å². The number of thiazole rings is 1. The van der Waals surface area contributed by atoms with Crippen LogP contribution in [0.2, 0.25) is 5.02 Å². The van der Waals surface area contributed by atoms with Crippen LogP contribution in [0.3, 0.4) is 0 Å². The molecule has 1 atom stereocenters. The van der Waals surface area contributed by atoms with E-state index in [2.05, 4.69) is 20.9 Å². The van der Waals surface area contributed by atoms with E-state index in [0.717, 1.165) is 0 Å². The number of phenolic OH excluding ortho intramolecular Hbond substituents is 1. The van der Waals surface area contributed by atoms with Crippen molar-refractivity contribution in [3.8, 4) is 11.5 Å². The predicted octanol–water partition coefficient (Wildman–Crippen LogP) is 3.93. The Hall–Kier alpha value is -2.88. The molecule has 1 N–H and O–H groups in total. The van der Waals surface area contributed by atoms with E-state index in [1.54, 1.807) is 50.3 Å². The van der Waals surface area contributed by atoms with Crippen molar-refractivity contribution in [2.45, 2.75) is 19.9 Å². The Kier molecular flexibility index (Phi) is 6.97. The lowest BCUT2D eigenvalue weighted by molar-refractivity contribution is -0.139. The average Bonchev–Trinajstić information content (AvgIpc) is 3.10. The highest BCUT2D eigenvalue weighted by atomic mass is 79.9. The summed E-state index contributed by atoms with van der Waals surface area (Å²) in [5.41, 5.74) is 1.83. The third-order valence-electron chi connectivity index (χ3n) is 5.29. The van der Waals surface area contributed by atoms with Crippen LogP contribution in [0.1, 0.15) is 31.0 Å². The molecule has 0 aliphatic carbocycles. The van der Waals surface area contributed by atoms with Gasteiger partial charge in [-0.1, -0.05) is 51.0 Å². The topological polar surface area (TPSA) is 90.1 Å². The SMILES string of the molecule is CCOC(=O)C1=C(C)N=c2sc(=Cc3cc(OC)c(O)cc3Br)c(=O)n2[C@H]1c1ccc(Cl)cc1. The monoisotopic (exact) mass is 562 g/mol. The van der Waals surface area contributed by atoms with E-state index in [1.807, 2.05) is 0 Å². The number of carbonyl (C=O) groups excluding carboxylic acids is 1. The molecule has 2 aromatic carbocycles. The molecule has 0 radical (unpaired) electrons. The fourth-order valence-corrected chi connectivity index (χ4v) is 5.34. The Bertz CT molecular complexity index is 1490.